The Morgan fingerprint density at radius 1 is 1.29 bits per heavy atom. The molecule has 1 rings (SSSR count). The largest absolute Gasteiger partial charge is 0.488 e. The summed E-state index contributed by atoms with van der Waals surface area (Å²) in [5.74, 6) is 0.913. The summed E-state index contributed by atoms with van der Waals surface area (Å²) in [6.45, 7) is 9.16. The summed E-state index contributed by atoms with van der Waals surface area (Å²) in [5.41, 5.74) is 0.972. The number of hydrogen-bond acceptors (Lipinski definition) is 2. The van der Waals surface area contributed by atoms with E-state index in [0.29, 0.717) is 0 Å². The molecule has 0 saturated heterocycles. The summed E-state index contributed by atoms with van der Waals surface area (Å²) in [6, 6.07) is 8.04. The maximum Gasteiger partial charge on any atom is 0.122 e. The summed E-state index contributed by atoms with van der Waals surface area (Å²) in [7, 11) is 0. The van der Waals surface area contributed by atoms with Gasteiger partial charge in [0, 0.05) is 18.3 Å². The van der Waals surface area contributed by atoms with E-state index < -0.39 is 0 Å². The zero-order valence-electron chi connectivity index (χ0n) is 9.42. The number of benzene rings is 1. The average molecular weight is 193 g/mol. The first-order valence-electron chi connectivity index (χ1n) is 5.04. The Bertz CT molecular complexity index is 289. The van der Waals surface area contributed by atoms with E-state index in [-0.39, 0.29) is 5.60 Å². The first-order valence-corrected chi connectivity index (χ1v) is 5.04. The number of nitrogens with one attached hydrogen (secondary N) is 1. The van der Waals surface area contributed by atoms with Gasteiger partial charge in [0.05, 0.1) is 0 Å². The van der Waals surface area contributed by atoms with Crippen LogP contribution in [0.2, 0.25) is 0 Å². The van der Waals surface area contributed by atoms with Crippen molar-refractivity contribution in [2.24, 2.45) is 0 Å². The van der Waals surface area contributed by atoms with Gasteiger partial charge in [-0.15, -0.1) is 0 Å². The Labute approximate surface area is 86.3 Å². The molecule has 0 atom stereocenters. The Balaban J connectivity index is 2.73. The van der Waals surface area contributed by atoms with Crippen molar-refractivity contribution in [3.05, 3.63) is 24.3 Å². The van der Waals surface area contributed by atoms with Crippen molar-refractivity contribution in [2.45, 2.75) is 33.3 Å². The van der Waals surface area contributed by atoms with Gasteiger partial charge in [0.1, 0.15) is 11.4 Å². The monoisotopic (exact) mass is 193 g/mol. The normalized spacial score (nSPS) is 11.1. The van der Waals surface area contributed by atoms with Crippen LogP contribution in [-0.4, -0.2) is 12.1 Å². The van der Waals surface area contributed by atoms with E-state index >= 15 is 0 Å². The molecule has 0 aromatic heterocycles. The first-order chi connectivity index (χ1) is 6.51. The predicted octanol–water partition coefficient (Wildman–Crippen LogP) is 3.30. The molecule has 0 aliphatic carbocycles. The second-order valence-electron chi connectivity index (χ2n) is 4.27. The molecule has 0 amide bonds. The molecule has 0 fully saturated rings. The molecule has 14 heavy (non-hydrogen) atoms. The smallest absolute Gasteiger partial charge is 0.122 e. The van der Waals surface area contributed by atoms with Crippen LogP contribution in [0, 0.1) is 0 Å². The molecule has 0 saturated carbocycles. The molecule has 2 nitrogen and oxygen atoms in total. The van der Waals surface area contributed by atoms with Crippen LogP contribution in [0.15, 0.2) is 24.3 Å². The van der Waals surface area contributed by atoms with E-state index in [1.807, 2.05) is 45.0 Å². The van der Waals surface area contributed by atoms with Crippen LogP contribution in [0.3, 0.4) is 0 Å². The minimum absolute atomic E-state index is 0.134. The SMILES string of the molecule is CCNc1cccc(OC(C)(C)C)c1. The van der Waals surface area contributed by atoms with Gasteiger partial charge in [-0.3, -0.25) is 0 Å². The molecule has 0 heterocycles. The summed E-state index contributed by atoms with van der Waals surface area (Å²) in [6.07, 6.45) is 0. The first kappa shape index (κ1) is 10.9. The van der Waals surface area contributed by atoms with Gasteiger partial charge in [0.15, 0.2) is 0 Å². The van der Waals surface area contributed by atoms with Gasteiger partial charge in [-0.2, -0.15) is 0 Å². The van der Waals surface area contributed by atoms with Gasteiger partial charge < -0.3 is 10.1 Å². The van der Waals surface area contributed by atoms with Crippen LogP contribution < -0.4 is 10.1 Å². The number of anilines is 1. The molecular weight excluding hydrogens is 174 g/mol. The van der Waals surface area contributed by atoms with E-state index in [0.717, 1.165) is 18.0 Å². The van der Waals surface area contributed by atoms with Gasteiger partial charge >= 0.3 is 0 Å². The number of rotatable bonds is 3. The minimum atomic E-state index is -0.134. The van der Waals surface area contributed by atoms with Crippen LogP contribution >= 0.6 is 0 Å². The number of ether oxygens (including phenoxy) is 1. The second-order valence-corrected chi connectivity index (χ2v) is 4.27. The van der Waals surface area contributed by atoms with Gasteiger partial charge in [-0.1, -0.05) is 6.07 Å². The van der Waals surface area contributed by atoms with Gasteiger partial charge in [0.2, 0.25) is 0 Å². The fourth-order valence-corrected chi connectivity index (χ4v) is 1.23. The molecule has 1 aromatic carbocycles. The zero-order valence-corrected chi connectivity index (χ0v) is 9.42. The molecule has 0 aliphatic heterocycles. The molecule has 0 aliphatic rings. The summed E-state index contributed by atoms with van der Waals surface area (Å²) in [4.78, 5) is 0. The molecule has 0 bridgehead atoms. The third-order valence-corrected chi connectivity index (χ3v) is 1.64. The van der Waals surface area contributed by atoms with Crippen molar-refractivity contribution in [3.8, 4) is 5.75 Å². The molecule has 1 N–H and O–H groups in total. The lowest BCUT2D eigenvalue weighted by atomic mass is 10.2. The highest BCUT2D eigenvalue weighted by atomic mass is 16.5. The predicted molar refractivity (Wildman–Crippen MR) is 61.0 cm³/mol. The Hall–Kier alpha value is -1.18. The van der Waals surface area contributed by atoms with Crippen molar-refractivity contribution in [3.63, 3.8) is 0 Å². The second kappa shape index (κ2) is 4.36. The molecule has 0 spiro atoms. The van der Waals surface area contributed by atoms with E-state index in [1.54, 1.807) is 0 Å². The Morgan fingerprint density at radius 3 is 2.57 bits per heavy atom. The molecule has 78 valence electrons. The quantitative estimate of drug-likeness (QED) is 0.795. The summed E-state index contributed by atoms with van der Waals surface area (Å²) in [5, 5.41) is 3.25. The molecule has 1 aromatic rings. The van der Waals surface area contributed by atoms with Crippen molar-refractivity contribution in [1.29, 1.82) is 0 Å². The average Bonchev–Trinajstić information content (AvgIpc) is 2.02. The van der Waals surface area contributed by atoms with Crippen molar-refractivity contribution < 1.29 is 4.74 Å². The van der Waals surface area contributed by atoms with E-state index in [9.17, 15) is 0 Å². The Kier molecular flexibility index (Phi) is 3.39. The molecule has 0 unspecified atom stereocenters. The van der Waals surface area contributed by atoms with E-state index in [4.69, 9.17) is 4.74 Å². The van der Waals surface area contributed by atoms with Crippen LogP contribution in [-0.2, 0) is 0 Å². The van der Waals surface area contributed by atoms with Crippen molar-refractivity contribution in [1.82, 2.24) is 0 Å². The van der Waals surface area contributed by atoms with Crippen molar-refractivity contribution >= 4 is 5.69 Å². The molecule has 0 radical (unpaired) electrons. The van der Waals surface area contributed by atoms with E-state index in [1.165, 1.54) is 0 Å². The number of hydrogen-bond donors (Lipinski definition) is 1. The lowest BCUT2D eigenvalue weighted by Crippen LogP contribution is -2.22. The van der Waals surface area contributed by atoms with Crippen LogP contribution in [0.4, 0.5) is 5.69 Å². The van der Waals surface area contributed by atoms with Gasteiger partial charge in [-0.05, 0) is 39.8 Å². The molecule has 2 heteroatoms. The van der Waals surface area contributed by atoms with E-state index in [2.05, 4.69) is 12.2 Å². The third kappa shape index (κ3) is 3.69. The topological polar surface area (TPSA) is 21.3 Å². The van der Waals surface area contributed by atoms with Gasteiger partial charge in [0.25, 0.3) is 0 Å². The van der Waals surface area contributed by atoms with Gasteiger partial charge in [-0.25, -0.2) is 0 Å². The fraction of sp³-hybridized carbons (Fsp3) is 0.500. The zero-order chi connectivity index (χ0) is 10.6. The van der Waals surface area contributed by atoms with Crippen LogP contribution in [0.5, 0.6) is 5.75 Å². The standard InChI is InChI=1S/C12H19NO/c1-5-13-10-7-6-8-11(9-10)14-12(2,3)4/h6-9,13H,5H2,1-4H3. The highest BCUT2D eigenvalue weighted by Crippen LogP contribution is 2.21. The Morgan fingerprint density at radius 2 is 2.00 bits per heavy atom. The van der Waals surface area contributed by atoms with Crippen molar-refractivity contribution in [2.75, 3.05) is 11.9 Å². The maximum atomic E-state index is 5.75. The summed E-state index contributed by atoms with van der Waals surface area (Å²) < 4.78 is 5.75. The van der Waals surface area contributed by atoms with Crippen LogP contribution in [0.25, 0.3) is 0 Å². The summed E-state index contributed by atoms with van der Waals surface area (Å²) >= 11 is 0. The third-order valence-electron chi connectivity index (χ3n) is 1.64. The molecular formula is C12H19NO. The minimum Gasteiger partial charge on any atom is -0.488 e. The lowest BCUT2D eigenvalue weighted by Gasteiger charge is -2.21. The highest BCUT2D eigenvalue weighted by molar-refractivity contribution is 5.48. The maximum absolute atomic E-state index is 5.75. The highest BCUT2D eigenvalue weighted by Gasteiger charge is 2.11. The fourth-order valence-electron chi connectivity index (χ4n) is 1.23. The lowest BCUT2D eigenvalue weighted by molar-refractivity contribution is 0.131. The van der Waals surface area contributed by atoms with Crippen LogP contribution in [0.1, 0.15) is 27.7 Å².